The molecule has 160 valence electrons. The van der Waals surface area contributed by atoms with Gasteiger partial charge in [0.05, 0.1) is 17.9 Å². The quantitative estimate of drug-likeness (QED) is 0.536. The van der Waals surface area contributed by atoms with Crippen molar-refractivity contribution in [3.63, 3.8) is 0 Å². The molecule has 30 heavy (non-hydrogen) atoms. The predicted octanol–water partition coefficient (Wildman–Crippen LogP) is 3.68. The van der Waals surface area contributed by atoms with Crippen LogP contribution in [0.15, 0.2) is 30.5 Å². The molecule has 6 atom stereocenters. The number of phenols is 1. The summed E-state index contributed by atoms with van der Waals surface area (Å²) in [6, 6.07) is 7.34. The Kier molecular flexibility index (Phi) is 5.17. The molecule has 5 rings (SSSR count). The van der Waals surface area contributed by atoms with E-state index in [0.29, 0.717) is 35.7 Å². The first-order chi connectivity index (χ1) is 14.5. The number of nitrogens with zero attached hydrogens (tertiary/aromatic N) is 1. The summed E-state index contributed by atoms with van der Waals surface area (Å²) in [5.74, 6) is 2.48. The second-order valence-corrected chi connectivity index (χ2v) is 9.52. The number of hydrazine groups is 1. The van der Waals surface area contributed by atoms with Crippen molar-refractivity contribution in [2.24, 2.45) is 5.92 Å². The summed E-state index contributed by atoms with van der Waals surface area (Å²) in [7, 11) is 0. The van der Waals surface area contributed by atoms with E-state index in [4.69, 9.17) is 4.98 Å². The number of phenolic OH excluding ortho intramolecular Hbond substituents is 1. The van der Waals surface area contributed by atoms with Crippen LogP contribution in [0.25, 0.3) is 5.57 Å². The molecule has 0 radical (unpaired) electrons. The Hall–Kier alpha value is -2.15. The van der Waals surface area contributed by atoms with Gasteiger partial charge in [0.2, 0.25) is 0 Å². The van der Waals surface area contributed by atoms with E-state index in [9.17, 15) is 5.11 Å². The van der Waals surface area contributed by atoms with Gasteiger partial charge in [-0.3, -0.25) is 5.43 Å². The van der Waals surface area contributed by atoms with E-state index in [-0.39, 0.29) is 6.04 Å². The van der Waals surface area contributed by atoms with Gasteiger partial charge in [-0.05, 0) is 87.1 Å². The van der Waals surface area contributed by atoms with E-state index in [1.165, 1.54) is 23.1 Å². The number of nitrogens with one attached hydrogen (secondary N) is 4. The first-order valence-corrected chi connectivity index (χ1v) is 11.3. The molecule has 6 heteroatoms. The van der Waals surface area contributed by atoms with Gasteiger partial charge in [-0.15, -0.1) is 0 Å². The summed E-state index contributed by atoms with van der Waals surface area (Å²) >= 11 is 0. The highest BCUT2D eigenvalue weighted by Gasteiger charge is 2.42. The number of aryl methyl sites for hydroxylation is 1. The Balaban J connectivity index is 1.30. The molecule has 6 nitrogen and oxygen atoms in total. The fourth-order valence-corrected chi connectivity index (χ4v) is 5.85. The normalized spacial score (nSPS) is 33.9. The molecule has 2 aliphatic heterocycles. The van der Waals surface area contributed by atoms with Crippen molar-refractivity contribution in [2.45, 2.75) is 76.5 Å². The van der Waals surface area contributed by atoms with E-state index in [1.807, 2.05) is 18.3 Å². The van der Waals surface area contributed by atoms with Crippen LogP contribution in [0.5, 0.6) is 5.75 Å². The van der Waals surface area contributed by atoms with Crippen LogP contribution in [0.2, 0.25) is 0 Å². The average Bonchev–Trinajstić information content (AvgIpc) is 3.33. The number of hydrogen-bond donors (Lipinski definition) is 5. The van der Waals surface area contributed by atoms with Gasteiger partial charge in [0.25, 0.3) is 0 Å². The largest absolute Gasteiger partial charge is 0.508 e. The van der Waals surface area contributed by atoms with Crippen LogP contribution in [-0.4, -0.2) is 33.2 Å². The molecule has 5 N–H and O–H groups in total. The number of H-pyrrole nitrogens is 1. The number of aromatic nitrogens is 2. The van der Waals surface area contributed by atoms with E-state index in [2.05, 4.69) is 54.1 Å². The smallest absolute Gasteiger partial charge is 0.125 e. The zero-order valence-electron chi connectivity index (χ0n) is 18.1. The van der Waals surface area contributed by atoms with Gasteiger partial charge in [0.1, 0.15) is 11.6 Å². The van der Waals surface area contributed by atoms with Crippen LogP contribution >= 0.6 is 0 Å². The van der Waals surface area contributed by atoms with E-state index < -0.39 is 0 Å². The first kappa shape index (κ1) is 19.8. The lowest BCUT2D eigenvalue weighted by atomic mass is 9.73. The van der Waals surface area contributed by atoms with Crippen LogP contribution in [0.3, 0.4) is 0 Å². The Labute approximate surface area is 178 Å². The van der Waals surface area contributed by atoms with Gasteiger partial charge in [0, 0.05) is 18.1 Å². The molecule has 3 aliphatic rings. The molecule has 1 saturated carbocycles. The lowest BCUT2D eigenvalue weighted by Gasteiger charge is -2.33. The monoisotopic (exact) mass is 407 g/mol. The van der Waals surface area contributed by atoms with E-state index in [1.54, 1.807) is 0 Å². The Bertz CT molecular complexity index is 951. The van der Waals surface area contributed by atoms with Crippen molar-refractivity contribution >= 4 is 5.57 Å². The third kappa shape index (κ3) is 3.68. The van der Waals surface area contributed by atoms with Crippen molar-refractivity contribution in [1.82, 2.24) is 26.1 Å². The minimum atomic E-state index is 0.225. The van der Waals surface area contributed by atoms with Crippen molar-refractivity contribution in [1.29, 1.82) is 0 Å². The third-order valence-electron chi connectivity index (χ3n) is 7.21. The number of hydrogen-bond acceptors (Lipinski definition) is 5. The zero-order chi connectivity index (χ0) is 20.8. The summed E-state index contributed by atoms with van der Waals surface area (Å²) in [6.07, 6.45) is 8.79. The minimum absolute atomic E-state index is 0.225. The van der Waals surface area contributed by atoms with E-state index >= 15 is 0 Å². The molecule has 2 fully saturated rings. The average molecular weight is 408 g/mol. The second kappa shape index (κ2) is 7.84. The van der Waals surface area contributed by atoms with Crippen LogP contribution < -0.4 is 16.2 Å². The molecule has 0 bridgehead atoms. The van der Waals surface area contributed by atoms with Crippen molar-refractivity contribution < 1.29 is 5.11 Å². The molecule has 4 unspecified atom stereocenters. The number of aromatic hydroxyl groups is 1. The van der Waals surface area contributed by atoms with Gasteiger partial charge in [-0.25, -0.2) is 10.4 Å². The maximum atomic E-state index is 9.73. The zero-order valence-corrected chi connectivity index (χ0v) is 18.1. The van der Waals surface area contributed by atoms with E-state index in [0.717, 1.165) is 30.8 Å². The second-order valence-electron chi connectivity index (χ2n) is 9.52. The highest BCUT2D eigenvalue weighted by molar-refractivity contribution is 5.64. The first-order valence-electron chi connectivity index (χ1n) is 11.3. The number of aromatic amines is 1. The third-order valence-corrected chi connectivity index (χ3v) is 7.21. The molecule has 1 aromatic heterocycles. The van der Waals surface area contributed by atoms with Crippen LogP contribution in [-0.2, 0) is 0 Å². The number of imidazole rings is 1. The molecule has 1 aromatic carbocycles. The highest BCUT2D eigenvalue weighted by Crippen LogP contribution is 2.44. The van der Waals surface area contributed by atoms with Crippen LogP contribution in [0.1, 0.15) is 74.1 Å². The number of benzene rings is 1. The molecular weight excluding hydrogens is 374 g/mol. The summed E-state index contributed by atoms with van der Waals surface area (Å²) in [4.78, 5) is 8.39. The van der Waals surface area contributed by atoms with Crippen molar-refractivity contribution in [3.8, 4) is 5.75 Å². The Morgan fingerprint density at radius 2 is 2.00 bits per heavy atom. The summed E-state index contributed by atoms with van der Waals surface area (Å²) in [5.41, 5.74) is 12.2. The molecule has 2 aromatic rings. The van der Waals surface area contributed by atoms with Gasteiger partial charge in [-0.2, -0.15) is 0 Å². The Morgan fingerprint density at radius 3 is 2.80 bits per heavy atom. The maximum Gasteiger partial charge on any atom is 0.125 e. The van der Waals surface area contributed by atoms with Crippen molar-refractivity contribution in [3.05, 3.63) is 53.1 Å². The standard InChI is InChI=1S/C24H33N5O/c1-13-8-18(30)5-7-19(13)16-4-6-20-21(11-16)28-29-23(20)24-25-12-22(27-24)17-9-14(2)26-15(3)10-17/h5,7-9,12,14-16,20-21,23,26,28-30H,4,6,10-11H2,1-3H3,(H,25,27)/t14-,15-,16?,20?,21?,23?/m1/s1. The summed E-state index contributed by atoms with van der Waals surface area (Å²) < 4.78 is 0. The molecule has 1 aliphatic carbocycles. The lowest BCUT2D eigenvalue weighted by Crippen LogP contribution is -2.36. The molecule has 0 spiro atoms. The van der Waals surface area contributed by atoms with Gasteiger partial charge >= 0.3 is 0 Å². The van der Waals surface area contributed by atoms with Crippen LogP contribution in [0.4, 0.5) is 0 Å². The fraction of sp³-hybridized carbons (Fsp3) is 0.542. The number of rotatable bonds is 3. The maximum absolute atomic E-state index is 9.73. The molecule has 1 saturated heterocycles. The highest BCUT2D eigenvalue weighted by atomic mass is 16.3. The summed E-state index contributed by atoms with van der Waals surface area (Å²) in [6.45, 7) is 6.54. The Morgan fingerprint density at radius 1 is 1.13 bits per heavy atom. The van der Waals surface area contributed by atoms with Crippen molar-refractivity contribution in [2.75, 3.05) is 0 Å². The minimum Gasteiger partial charge on any atom is -0.508 e. The predicted molar refractivity (Wildman–Crippen MR) is 119 cm³/mol. The number of fused-ring (bicyclic) bond motifs is 1. The fourth-order valence-electron chi connectivity index (χ4n) is 5.85. The SMILES string of the molecule is Cc1cc(O)ccc1C1CCC2C(C1)NNC2c1ncc(C2=C[C@@H](C)N[C@H](C)C2)[nH]1. The van der Waals surface area contributed by atoms with Crippen LogP contribution in [0, 0.1) is 12.8 Å². The van der Waals surface area contributed by atoms with Gasteiger partial charge in [-0.1, -0.05) is 12.1 Å². The molecule has 3 heterocycles. The summed E-state index contributed by atoms with van der Waals surface area (Å²) in [5, 5.41) is 13.3. The molecular formula is C24H33N5O. The lowest BCUT2D eigenvalue weighted by molar-refractivity contribution is 0.276. The topological polar surface area (TPSA) is 85.0 Å². The van der Waals surface area contributed by atoms with Gasteiger partial charge < -0.3 is 15.4 Å². The molecule has 0 amide bonds. The van der Waals surface area contributed by atoms with Gasteiger partial charge in [0.15, 0.2) is 0 Å².